The third-order valence-electron chi connectivity index (χ3n) is 2.65. The molecule has 0 aromatic rings. The molecule has 1 fully saturated rings. The molecule has 5 nitrogen and oxygen atoms in total. The van der Waals surface area contributed by atoms with E-state index in [2.05, 4.69) is 5.32 Å². The van der Waals surface area contributed by atoms with Crippen LogP contribution in [0.2, 0.25) is 0 Å². The number of aliphatic hydroxyl groups excluding tert-OH is 1. The van der Waals surface area contributed by atoms with Crippen LogP contribution in [0.5, 0.6) is 0 Å². The van der Waals surface area contributed by atoms with E-state index in [1.54, 1.807) is 0 Å². The van der Waals surface area contributed by atoms with E-state index in [1.807, 2.05) is 27.7 Å². The number of carbonyl (C=O) groups excluding carboxylic acids is 1. The van der Waals surface area contributed by atoms with Gasteiger partial charge in [-0.05, 0) is 40.5 Å². The fourth-order valence-corrected chi connectivity index (χ4v) is 1.82. The van der Waals surface area contributed by atoms with Gasteiger partial charge in [-0.15, -0.1) is 0 Å². The first-order chi connectivity index (χ1) is 7.81. The van der Waals surface area contributed by atoms with Gasteiger partial charge in [0, 0.05) is 0 Å². The molecule has 2 N–H and O–H groups in total. The van der Waals surface area contributed by atoms with Crippen LogP contribution in [0.15, 0.2) is 0 Å². The predicted octanol–water partition coefficient (Wildman–Crippen LogP) is 1.44. The Balaban J connectivity index is 2.34. The number of amides is 1. The highest BCUT2D eigenvalue weighted by Gasteiger charge is 2.30. The number of carbonyl (C=O) groups is 1. The zero-order chi connectivity index (χ0) is 13.1. The average Bonchev–Trinajstić information content (AvgIpc) is 2.62. The molecule has 1 aliphatic heterocycles. The third-order valence-corrected chi connectivity index (χ3v) is 2.65. The van der Waals surface area contributed by atoms with Crippen molar-refractivity contribution < 1.29 is 19.4 Å². The van der Waals surface area contributed by atoms with Gasteiger partial charge >= 0.3 is 6.09 Å². The molecule has 1 rings (SSSR count). The lowest BCUT2D eigenvalue weighted by atomic mass is 10.1. The largest absolute Gasteiger partial charge is 0.444 e. The summed E-state index contributed by atoms with van der Waals surface area (Å²) in [4.78, 5) is 11.5. The van der Waals surface area contributed by atoms with Crippen LogP contribution in [0.1, 0.15) is 40.5 Å². The van der Waals surface area contributed by atoms with Gasteiger partial charge < -0.3 is 19.9 Å². The molecule has 0 aromatic carbocycles. The highest BCUT2D eigenvalue weighted by atomic mass is 16.6. The topological polar surface area (TPSA) is 67.8 Å². The van der Waals surface area contributed by atoms with Gasteiger partial charge in [-0.3, -0.25) is 0 Å². The average molecular weight is 245 g/mol. The van der Waals surface area contributed by atoms with Crippen LogP contribution in [-0.4, -0.2) is 41.7 Å². The van der Waals surface area contributed by atoms with Crippen LogP contribution in [-0.2, 0) is 9.47 Å². The molecular formula is C12H23NO4. The number of rotatable bonds is 3. The quantitative estimate of drug-likeness (QED) is 0.789. The Labute approximate surface area is 102 Å². The normalized spacial score (nSPS) is 26.6. The summed E-state index contributed by atoms with van der Waals surface area (Å²) < 4.78 is 10.7. The summed E-state index contributed by atoms with van der Waals surface area (Å²) in [6.07, 6.45) is 1.12. The lowest BCUT2D eigenvalue weighted by molar-refractivity contribution is -0.00566. The van der Waals surface area contributed by atoms with E-state index in [-0.39, 0.29) is 24.9 Å². The van der Waals surface area contributed by atoms with Crippen molar-refractivity contribution >= 4 is 6.09 Å². The monoisotopic (exact) mass is 245 g/mol. The van der Waals surface area contributed by atoms with Crippen molar-refractivity contribution in [1.29, 1.82) is 0 Å². The Bertz CT molecular complexity index is 262. The first-order valence-electron chi connectivity index (χ1n) is 6.07. The molecule has 0 bridgehead atoms. The molecule has 1 saturated heterocycles. The summed E-state index contributed by atoms with van der Waals surface area (Å²) in [6.45, 7) is 7.39. The highest BCUT2D eigenvalue weighted by Crippen LogP contribution is 2.22. The van der Waals surface area contributed by atoms with Crippen molar-refractivity contribution in [2.75, 3.05) is 6.61 Å². The summed E-state index contributed by atoms with van der Waals surface area (Å²) in [6, 6.07) is -0.110. The second-order valence-electron chi connectivity index (χ2n) is 5.49. The molecule has 0 unspecified atom stereocenters. The van der Waals surface area contributed by atoms with Crippen molar-refractivity contribution in [1.82, 2.24) is 5.32 Å². The molecule has 17 heavy (non-hydrogen) atoms. The molecular weight excluding hydrogens is 222 g/mol. The maximum Gasteiger partial charge on any atom is 0.407 e. The maximum atomic E-state index is 11.5. The van der Waals surface area contributed by atoms with Gasteiger partial charge in [-0.2, -0.15) is 0 Å². The molecule has 100 valence electrons. The summed E-state index contributed by atoms with van der Waals surface area (Å²) in [5.41, 5.74) is -0.492. The smallest absolute Gasteiger partial charge is 0.407 e. The van der Waals surface area contributed by atoms with Crippen LogP contribution in [0.3, 0.4) is 0 Å². The molecule has 0 radical (unpaired) electrons. The van der Waals surface area contributed by atoms with E-state index in [0.29, 0.717) is 0 Å². The van der Waals surface area contributed by atoms with E-state index in [9.17, 15) is 4.79 Å². The van der Waals surface area contributed by atoms with E-state index in [1.165, 1.54) is 0 Å². The zero-order valence-electron chi connectivity index (χ0n) is 11.0. The minimum Gasteiger partial charge on any atom is -0.444 e. The van der Waals surface area contributed by atoms with Gasteiger partial charge in [0.15, 0.2) is 0 Å². The molecule has 0 spiro atoms. The van der Waals surface area contributed by atoms with Gasteiger partial charge in [0.05, 0.1) is 24.9 Å². The van der Waals surface area contributed by atoms with Crippen molar-refractivity contribution in [3.63, 3.8) is 0 Å². The summed E-state index contributed by atoms with van der Waals surface area (Å²) in [5.74, 6) is 0. The predicted molar refractivity (Wildman–Crippen MR) is 63.8 cm³/mol. The second kappa shape index (κ2) is 5.69. The van der Waals surface area contributed by atoms with Crippen molar-refractivity contribution in [3.8, 4) is 0 Å². The number of hydrogen-bond acceptors (Lipinski definition) is 4. The van der Waals surface area contributed by atoms with Crippen LogP contribution in [0.4, 0.5) is 4.79 Å². The second-order valence-corrected chi connectivity index (χ2v) is 5.49. The maximum absolute atomic E-state index is 11.5. The van der Waals surface area contributed by atoms with Gasteiger partial charge in [-0.25, -0.2) is 4.79 Å². The number of aliphatic hydroxyl groups is 1. The zero-order valence-corrected chi connectivity index (χ0v) is 11.0. The van der Waals surface area contributed by atoms with E-state index in [4.69, 9.17) is 14.6 Å². The first kappa shape index (κ1) is 14.3. The molecule has 1 amide bonds. The molecule has 1 aliphatic rings. The van der Waals surface area contributed by atoms with Gasteiger partial charge in [0.2, 0.25) is 0 Å². The minimum absolute atomic E-state index is 0.0374. The van der Waals surface area contributed by atoms with Crippen LogP contribution < -0.4 is 5.32 Å². The molecule has 0 aliphatic carbocycles. The molecule has 1 heterocycles. The molecule has 3 atom stereocenters. The lowest BCUT2D eigenvalue weighted by Crippen LogP contribution is -2.43. The molecule has 5 heteroatoms. The Hall–Kier alpha value is -0.810. The Morgan fingerprint density at radius 2 is 2.18 bits per heavy atom. The Morgan fingerprint density at radius 1 is 1.53 bits per heavy atom. The summed E-state index contributed by atoms with van der Waals surface area (Å²) in [5, 5.41) is 11.7. The van der Waals surface area contributed by atoms with E-state index < -0.39 is 11.7 Å². The van der Waals surface area contributed by atoms with Gasteiger partial charge in [0.1, 0.15) is 5.60 Å². The van der Waals surface area contributed by atoms with Crippen molar-refractivity contribution in [3.05, 3.63) is 0 Å². The summed E-state index contributed by atoms with van der Waals surface area (Å²) in [7, 11) is 0. The van der Waals surface area contributed by atoms with Crippen molar-refractivity contribution in [2.45, 2.75) is 64.4 Å². The summed E-state index contributed by atoms with van der Waals surface area (Å²) >= 11 is 0. The molecule has 0 saturated carbocycles. The Kier molecular flexibility index (Phi) is 4.77. The highest BCUT2D eigenvalue weighted by molar-refractivity contribution is 5.68. The van der Waals surface area contributed by atoms with E-state index in [0.717, 1.165) is 12.8 Å². The van der Waals surface area contributed by atoms with Crippen LogP contribution >= 0.6 is 0 Å². The van der Waals surface area contributed by atoms with E-state index >= 15 is 0 Å². The number of alkyl carbamates (subject to hydrolysis) is 1. The SMILES string of the molecule is C[C@H](NC(=O)OC(C)(C)C)[C@@H]1CC[C@H](CO)O1. The van der Waals surface area contributed by atoms with Gasteiger partial charge in [0.25, 0.3) is 0 Å². The number of nitrogens with one attached hydrogen (secondary N) is 1. The standard InChI is InChI=1S/C12H23NO4/c1-8(10-6-5-9(7-14)16-10)13-11(15)17-12(2,3)4/h8-10,14H,5-7H2,1-4H3,(H,13,15)/t8-,9+,10-/m0/s1. The number of ether oxygens (including phenoxy) is 2. The lowest BCUT2D eigenvalue weighted by Gasteiger charge is -2.24. The van der Waals surface area contributed by atoms with Crippen molar-refractivity contribution in [2.24, 2.45) is 0 Å². The number of hydrogen-bond donors (Lipinski definition) is 2. The van der Waals surface area contributed by atoms with Crippen LogP contribution in [0, 0.1) is 0 Å². The van der Waals surface area contributed by atoms with Crippen LogP contribution in [0.25, 0.3) is 0 Å². The fourth-order valence-electron chi connectivity index (χ4n) is 1.82. The fraction of sp³-hybridized carbons (Fsp3) is 0.917. The minimum atomic E-state index is -0.492. The Morgan fingerprint density at radius 3 is 2.65 bits per heavy atom. The molecule has 0 aromatic heterocycles. The third kappa shape index (κ3) is 4.91. The van der Waals surface area contributed by atoms with Gasteiger partial charge in [-0.1, -0.05) is 0 Å². The first-order valence-corrected chi connectivity index (χ1v) is 6.07.